The molecule has 0 saturated heterocycles. The van der Waals surface area contributed by atoms with Crippen LogP contribution >= 0.6 is 0 Å². The second-order valence-electron chi connectivity index (χ2n) is 6.02. The van der Waals surface area contributed by atoms with E-state index in [1.807, 2.05) is 6.07 Å². The summed E-state index contributed by atoms with van der Waals surface area (Å²) in [6.45, 7) is 0.994. The molecule has 28 heavy (non-hydrogen) atoms. The molecule has 0 unspecified atom stereocenters. The van der Waals surface area contributed by atoms with E-state index < -0.39 is 0 Å². The molecule has 2 heterocycles. The fourth-order valence-corrected chi connectivity index (χ4v) is 2.79. The smallest absolute Gasteiger partial charge is 0.255 e. The summed E-state index contributed by atoms with van der Waals surface area (Å²) >= 11 is 0. The number of rotatable bonds is 4. The van der Waals surface area contributed by atoms with Crippen molar-refractivity contribution < 1.29 is 14.3 Å². The van der Waals surface area contributed by atoms with Crippen LogP contribution in [-0.4, -0.2) is 24.1 Å². The van der Waals surface area contributed by atoms with Crippen molar-refractivity contribution in [2.75, 3.05) is 23.8 Å². The number of nitrogens with one attached hydrogen (secondary N) is 2. The van der Waals surface area contributed by atoms with Crippen LogP contribution in [0.25, 0.3) is 0 Å². The molecule has 1 aromatic heterocycles. The molecule has 1 aliphatic heterocycles. The predicted octanol–water partition coefficient (Wildman–Crippen LogP) is 3.72. The average Bonchev–Trinajstić information content (AvgIpc) is 2.74. The highest BCUT2D eigenvalue weighted by Crippen LogP contribution is 2.32. The van der Waals surface area contributed by atoms with Gasteiger partial charge in [0.25, 0.3) is 5.91 Å². The quantitative estimate of drug-likeness (QED) is 0.725. The molecule has 7 heteroatoms. The third-order valence-corrected chi connectivity index (χ3v) is 4.13. The van der Waals surface area contributed by atoms with Crippen molar-refractivity contribution >= 4 is 23.1 Å². The van der Waals surface area contributed by atoms with E-state index in [0.29, 0.717) is 53.0 Å². The standard InChI is InChI=1S/C21H16N4O3/c22-13-15-3-1-2-4-17(15)25-20-11-14(7-8-23-20)21(26)24-16-5-6-18-19(12-16)28-10-9-27-18/h1-8,11-12H,9-10H2,(H,23,25)(H,24,26). The molecule has 7 nitrogen and oxygen atoms in total. The number of nitriles is 1. The van der Waals surface area contributed by atoms with Gasteiger partial charge >= 0.3 is 0 Å². The molecule has 1 aliphatic rings. The number of ether oxygens (including phenoxy) is 2. The Morgan fingerprint density at radius 3 is 2.71 bits per heavy atom. The van der Waals surface area contributed by atoms with Gasteiger partial charge in [0, 0.05) is 23.5 Å². The summed E-state index contributed by atoms with van der Waals surface area (Å²) in [6, 6.07) is 17.7. The number of hydrogen-bond donors (Lipinski definition) is 2. The number of benzene rings is 2. The van der Waals surface area contributed by atoms with Crippen LogP contribution in [0.1, 0.15) is 15.9 Å². The normalized spacial score (nSPS) is 12.0. The van der Waals surface area contributed by atoms with Gasteiger partial charge in [0.2, 0.25) is 0 Å². The molecule has 0 atom stereocenters. The Labute approximate surface area is 161 Å². The number of carbonyl (C=O) groups is 1. The van der Waals surface area contributed by atoms with Crippen LogP contribution in [0.5, 0.6) is 11.5 Å². The highest BCUT2D eigenvalue weighted by Gasteiger charge is 2.14. The fourth-order valence-electron chi connectivity index (χ4n) is 2.79. The van der Waals surface area contributed by atoms with Crippen LogP contribution < -0.4 is 20.1 Å². The first-order valence-corrected chi connectivity index (χ1v) is 8.66. The number of carbonyl (C=O) groups excluding carboxylic acids is 1. The Morgan fingerprint density at radius 1 is 1.04 bits per heavy atom. The second kappa shape index (κ2) is 7.68. The van der Waals surface area contributed by atoms with Gasteiger partial charge in [-0.2, -0.15) is 5.26 Å². The lowest BCUT2D eigenvalue weighted by molar-refractivity contribution is 0.102. The predicted molar refractivity (Wildman–Crippen MR) is 104 cm³/mol. The number of pyridine rings is 1. The number of para-hydroxylation sites is 1. The van der Waals surface area contributed by atoms with Gasteiger partial charge in [0.15, 0.2) is 11.5 Å². The maximum atomic E-state index is 12.6. The number of aromatic nitrogens is 1. The zero-order chi connectivity index (χ0) is 19.3. The lowest BCUT2D eigenvalue weighted by Crippen LogP contribution is -2.16. The minimum absolute atomic E-state index is 0.282. The molecular weight excluding hydrogens is 356 g/mol. The third-order valence-electron chi connectivity index (χ3n) is 4.13. The van der Waals surface area contributed by atoms with Crippen molar-refractivity contribution in [3.05, 3.63) is 71.9 Å². The minimum Gasteiger partial charge on any atom is -0.486 e. The zero-order valence-electron chi connectivity index (χ0n) is 14.8. The number of fused-ring (bicyclic) bond motifs is 1. The molecule has 0 bridgehead atoms. The first-order chi connectivity index (χ1) is 13.7. The van der Waals surface area contributed by atoms with Crippen LogP contribution in [0.3, 0.4) is 0 Å². The Bertz CT molecular complexity index is 1080. The minimum atomic E-state index is -0.282. The monoisotopic (exact) mass is 372 g/mol. The Morgan fingerprint density at radius 2 is 1.86 bits per heavy atom. The van der Waals surface area contributed by atoms with Crippen molar-refractivity contribution in [1.82, 2.24) is 4.98 Å². The maximum absolute atomic E-state index is 12.6. The van der Waals surface area contributed by atoms with Crippen molar-refractivity contribution in [3.63, 3.8) is 0 Å². The first-order valence-electron chi connectivity index (χ1n) is 8.66. The van der Waals surface area contributed by atoms with Crippen molar-refractivity contribution in [1.29, 1.82) is 5.26 Å². The van der Waals surface area contributed by atoms with Crippen molar-refractivity contribution in [2.45, 2.75) is 0 Å². The van der Waals surface area contributed by atoms with Crippen LogP contribution in [0, 0.1) is 11.3 Å². The molecule has 2 aromatic carbocycles. The number of nitrogens with zero attached hydrogens (tertiary/aromatic N) is 2. The number of amides is 1. The molecule has 1 amide bonds. The molecule has 0 saturated carbocycles. The lowest BCUT2D eigenvalue weighted by atomic mass is 10.2. The molecule has 0 radical (unpaired) electrons. The zero-order valence-corrected chi connectivity index (χ0v) is 14.8. The number of anilines is 3. The Balaban J connectivity index is 1.51. The van der Waals surface area contributed by atoms with Gasteiger partial charge in [-0.15, -0.1) is 0 Å². The van der Waals surface area contributed by atoms with Crippen LogP contribution in [-0.2, 0) is 0 Å². The maximum Gasteiger partial charge on any atom is 0.255 e. The highest BCUT2D eigenvalue weighted by molar-refractivity contribution is 6.04. The fraction of sp³-hybridized carbons (Fsp3) is 0.0952. The van der Waals surface area contributed by atoms with Crippen LogP contribution in [0.15, 0.2) is 60.8 Å². The summed E-state index contributed by atoms with van der Waals surface area (Å²) in [5.41, 5.74) is 2.16. The summed E-state index contributed by atoms with van der Waals surface area (Å²) in [5, 5.41) is 15.1. The first kappa shape index (κ1) is 17.4. The van der Waals surface area contributed by atoms with E-state index in [4.69, 9.17) is 9.47 Å². The van der Waals surface area contributed by atoms with E-state index in [1.54, 1.807) is 48.5 Å². The molecule has 0 aliphatic carbocycles. The van der Waals surface area contributed by atoms with Gasteiger partial charge in [-0.05, 0) is 36.4 Å². The SMILES string of the molecule is N#Cc1ccccc1Nc1cc(C(=O)Nc2ccc3c(c2)OCCO3)ccn1. The number of hydrogen-bond acceptors (Lipinski definition) is 6. The van der Waals surface area contributed by atoms with Gasteiger partial charge < -0.3 is 20.1 Å². The van der Waals surface area contributed by atoms with Crippen molar-refractivity contribution in [3.8, 4) is 17.6 Å². The van der Waals surface area contributed by atoms with Gasteiger partial charge in [-0.3, -0.25) is 4.79 Å². The van der Waals surface area contributed by atoms with E-state index in [-0.39, 0.29) is 5.91 Å². The van der Waals surface area contributed by atoms with E-state index in [1.165, 1.54) is 6.20 Å². The summed E-state index contributed by atoms with van der Waals surface area (Å²) < 4.78 is 11.0. The molecule has 2 N–H and O–H groups in total. The van der Waals surface area contributed by atoms with E-state index >= 15 is 0 Å². The lowest BCUT2D eigenvalue weighted by Gasteiger charge is -2.19. The van der Waals surface area contributed by atoms with Crippen LogP contribution in [0.2, 0.25) is 0 Å². The molecule has 0 spiro atoms. The molecule has 4 rings (SSSR count). The second-order valence-corrected chi connectivity index (χ2v) is 6.02. The Kier molecular flexibility index (Phi) is 4.76. The Hall–Kier alpha value is -4.05. The van der Waals surface area contributed by atoms with Gasteiger partial charge in [0.1, 0.15) is 25.1 Å². The largest absolute Gasteiger partial charge is 0.486 e. The molecule has 3 aromatic rings. The summed E-state index contributed by atoms with van der Waals surface area (Å²) in [6.07, 6.45) is 1.54. The average molecular weight is 372 g/mol. The summed E-state index contributed by atoms with van der Waals surface area (Å²) in [5.74, 6) is 1.46. The van der Waals surface area contributed by atoms with Gasteiger partial charge in [-0.25, -0.2) is 4.98 Å². The molecule has 0 fully saturated rings. The summed E-state index contributed by atoms with van der Waals surface area (Å²) in [4.78, 5) is 16.8. The van der Waals surface area contributed by atoms with Gasteiger partial charge in [-0.1, -0.05) is 12.1 Å². The van der Waals surface area contributed by atoms with E-state index in [2.05, 4.69) is 21.7 Å². The summed E-state index contributed by atoms with van der Waals surface area (Å²) in [7, 11) is 0. The van der Waals surface area contributed by atoms with E-state index in [9.17, 15) is 10.1 Å². The highest BCUT2D eigenvalue weighted by atomic mass is 16.6. The van der Waals surface area contributed by atoms with Crippen molar-refractivity contribution in [2.24, 2.45) is 0 Å². The molecular formula is C21H16N4O3. The topological polar surface area (TPSA) is 96.3 Å². The van der Waals surface area contributed by atoms with Gasteiger partial charge in [0.05, 0.1) is 11.3 Å². The third kappa shape index (κ3) is 3.71. The molecule has 138 valence electrons. The van der Waals surface area contributed by atoms with Crippen LogP contribution in [0.4, 0.5) is 17.2 Å². The van der Waals surface area contributed by atoms with E-state index in [0.717, 1.165) is 0 Å².